The Balaban J connectivity index is 1.87. The lowest BCUT2D eigenvalue weighted by Crippen LogP contribution is -2.42. The molecule has 2 atom stereocenters. The highest BCUT2D eigenvalue weighted by molar-refractivity contribution is 6.01. The summed E-state index contributed by atoms with van der Waals surface area (Å²) in [4.78, 5) is 14.3. The molecule has 0 aromatic carbocycles. The zero-order chi connectivity index (χ0) is 15.3. The van der Waals surface area contributed by atoms with E-state index in [9.17, 15) is 4.39 Å². The summed E-state index contributed by atoms with van der Waals surface area (Å²) < 4.78 is 16.9. The molecule has 1 fully saturated rings. The van der Waals surface area contributed by atoms with E-state index in [1.165, 1.54) is 0 Å². The maximum atomic E-state index is 14.8. The molecule has 4 rings (SSSR count). The third-order valence-electron chi connectivity index (χ3n) is 4.78. The number of hydrogen-bond donors (Lipinski definition) is 1. The summed E-state index contributed by atoms with van der Waals surface area (Å²) in [5.74, 6) is 0.864. The van der Waals surface area contributed by atoms with Crippen LogP contribution in [0.25, 0.3) is 22.1 Å². The highest BCUT2D eigenvalue weighted by atomic mass is 19.1. The molecule has 6 heteroatoms. The van der Waals surface area contributed by atoms with E-state index in [4.69, 9.17) is 0 Å². The van der Waals surface area contributed by atoms with E-state index >= 15 is 0 Å². The van der Waals surface area contributed by atoms with Crippen LogP contribution in [0.4, 0.5) is 4.39 Å². The van der Waals surface area contributed by atoms with Crippen molar-refractivity contribution in [1.29, 1.82) is 0 Å². The van der Waals surface area contributed by atoms with Gasteiger partial charge in [0.15, 0.2) is 0 Å². The Hall–Kier alpha value is -1.95. The SMILES string of the molecule is CCN1CC[C@@H](n2c(C)nc3cnc4[nH]ccc4c32)[C@@H](F)C1. The molecule has 5 nitrogen and oxygen atoms in total. The summed E-state index contributed by atoms with van der Waals surface area (Å²) in [6, 6.07) is 1.85. The predicted octanol–water partition coefficient (Wildman–Crippen LogP) is 2.83. The number of aromatic amines is 1. The van der Waals surface area contributed by atoms with Gasteiger partial charge in [0.1, 0.15) is 23.2 Å². The number of aromatic nitrogens is 4. The van der Waals surface area contributed by atoms with Crippen molar-refractivity contribution in [2.24, 2.45) is 0 Å². The molecule has 1 saturated heterocycles. The second kappa shape index (κ2) is 5.05. The molecule has 3 aromatic rings. The number of halogens is 1. The van der Waals surface area contributed by atoms with Gasteiger partial charge in [-0.2, -0.15) is 0 Å². The Morgan fingerprint density at radius 3 is 3.09 bits per heavy atom. The molecule has 22 heavy (non-hydrogen) atoms. The van der Waals surface area contributed by atoms with E-state index in [1.807, 2.05) is 19.2 Å². The number of aryl methyl sites for hydroxylation is 1. The molecule has 0 unspecified atom stereocenters. The maximum Gasteiger partial charge on any atom is 0.139 e. The molecule has 0 radical (unpaired) electrons. The molecular formula is C16H20FN5. The second-order valence-corrected chi connectivity index (χ2v) is 6.03. The van der Waals surface area contributed by atoms with Crippen LogP contribution in [0.3, 0.4) is 0 Å². The normalized spacial score (nSPS) is 23.6. The zero-order valence-electron chi connectivity index (χ0n) is 12.9. The number of nitrogens with zero attached hydrogens (tertiary/aromatic N) is 4. The number of pyridine rings is 1. The van der Waals surface area contributed by atoms with Gasteiger partial charge in [-0.05, 0) is 26.0 Å². The van der Waals surface area contributed by atoms with Crippen molar-refractivity contribution in [2.45, 2.75) is 32.5 Å². The smallest absolute Gasteiger partial charge is 0.139 e. The first-order valence-electron chi connectivity index (χ1n) is 7.86. The van der Waals surface area contributed by atoms with Crippen LogP contribution in [-0.4, -0.2) is 50.2 Å². The average molecular weight is 301 g/mol. The Kier molecular flexibility index (Phi) is 3.14. The third-order valence-corrected chi connectivity index (χ3v) is 4.78. The van der Waals surface area contributed by atoms with Gasteiger partial charge in [0.25, 0.3) is 0 Å². The first kappa shape index (κ1) is 13.7. The van der Waals surface area contributed by atoms with Gasteiger partial charge in [-0.15, -0.1) is 0 Å². The number of nitrogens with one attached hydrogen (secondary N) is 1. The molecule has 4 heterocycles. The lowest BCUT2D eigenvalue weighted by atomic mass is 10.0. The average Bonchev–Trinajstić information content (AvgIpc) is 3.10. The summed E-state index contributed by atoms with van der Waals surface area (Å²) in [5, 5.41) is 1.02. The van der Waals surface area contributed by atoms with E-state index < -0.39 is 6.17 Å². The van der Waals surface area contributed by atoms with Crippen LogP contribution in [0.15, 0.2) is 18.5 Å². The van der Waals surface area contributed by atoms with Crippen molar-refractivity contribution in [3.8, 4) is 0 Å². The monoisotopic (exact) mass is 301 g/mol. The molecule has 0 aliphatic carbocycles. The van der Waals surface area contributed by atoms with Gasteiger partial charge in [-0.3, -0.25) is 0 Å². The third kappa shape index (κ3) is 1.94. The first-order valence-corrected chi connectivity index (χ1v) is 7.86. The predicted molar refractivity (Wildman–Crippen MR) is 84.8 cm³/mol. The van der Waals surface area contributed by atoms with Crippen molar-refractivity contribution in [2.75, 3.05) is 19.6 Å². The summed E-state index contributed by atoms with van der Waals surface area (Å²) in [7, 11) is 0. The fourth-order valence-electron chi connectivity index (χ4n) is 3.65. The fourth-order valence-corrected chi connectivity index (χ4v) is 3.65. The number of alkyl halides is 1. The Labute approximate surface area is 128 Å². The van der Waals surface area contributed by atoms with Gasteiger partial charge in [0.05, 0.1) is 17.8 Å². The van der Waals surface area contributed by atoms with E-state index in [1.54, 1.807) is 6.20 Å². The number of hydrogen-bond acceptors (Lipinski definition) is 3. The lowest BCUT2D eigenvalue weighted by molar-refractivity contribution is 0.0943. The molecule has 1 N–H and O–H groups in total. The fraction of sp³-hybridized carbons (Fsp3) is 0.500. The molecule has 1 aliphatic heterocycles. The van der Waals surface area contributed by atoms with Gasteiger partial charge in [0.2, 0.25) is 0 Å². The topological polar surface area (TPSA) is 49.7 Å². The van der Waals surface area contributed by atoms with E-state index in [2.05, 4.69) is 31.3 Å². The highest BCUT2D eigenvalue weighted by Crippen LogP contribution is 2.33. The minimum absolute atomic E-state index is 0.145. The standard InChI is InChI=1S/C16H20FN5/c1-3-21-7-5-14(12(17)9-21)22-10(2)20-13-8-19-16-11(15(13)22)4-6-18-16/h4,6,8,12,14H,3,5,7,9H2,1-2H3,(H,18,19)/t12-,14+/m0/s1. The molecule has 0 amide bonds. The second-order valence-electron chi connectivity index (χ2n) is 6.03. The summed E-state index contributed by atoms with van der Waals surface area (Å²) in [6.07, 6.45) is 3.59. The van der Waals surface area contributed by atoms with Gasteiger partial charge >= 0.3 is 0 Å². The molecule has 116 valence electrons. The maximum absolute atomic E-state index is 14.8. The van der Waals surface area contributed by atoms with Crippen LogP contribution in [0, 0.1) is 6.92 Å². The van der Waals surface area contributed by atoms with Crippen LogP contribution >= 0.6 is 0 Å². The molecular weight excluding hydrogens is 281 g/mol. The van der Waals surface area contributed by atoms with Crippen LogP contribution < -0.4 is 0 Å². The largest absolute Gasteiger partial charge is 0.346 e. The molecule has 0 bridgehead atoms. The summed E-state index contributed by atoms with van der Waals surface area (Å²) in [6.45, 7) is 6.38. The number of H-pyrrole nitrogens is 1. The minimum Gasteiger partial charge on any atom is -0.346 e. The van der Waals surface area contributed by atoms with Gasteiger partial charge in [-0.1, -0.05) is 6.92 Å². The quantitative estimate of drug-likeness (QED) is 0.792. The molecule has 3 aromatic heterocycles. The van der Waals surface area contributed by atoms with Crippen LogP contribution in [0.5, 0.6) is 0 Å². The number of rotatable bonds is 2. The zero-order valence-corrected chi connectivity index (χ0v) is 12.9. The summed E-state index contributed by atoms with van der Waals surface area (Å²) in [5.41, 5.74) is 2.67. The van der Waals surface area contributed by atoms with Crippen LogP contribution in [0.2, 0.25) is 0 Å². The summed E-state index contributed by atoms with van der Waals surface area (Å²) >= 11 is 0. The molecule has 1 aliphatic rings. The van der Waals surface area contributed by atoms with Crippen molar-refractivity contribution in [1.82, 2.24) is 24.4 Å². The highest BCUT2D eigenvalue weighted by Gasteiger charge is 2.32. The van der Waals surface area contributed by atoms with Crippen LogP contribution in [-0.2, 0) is 0 Å². The van der Waals surface area contributed by atoms with Crippen molar-refractivity contribution in [3.05, 3.63) is 24.3 Å². The van der Waals surface area contributed by atoms with Crippen molar-refractivity contribution >= 4 is 22.1 Å². The number of fused-ring (bicyclic) bond motifs is 3. The Morgan fingerprint density at radius 2 is 2.32 bits per heavy atom. The van der Waals surface area contributed by atoms with Crippen molar-refractivity contribution < 1.29 is 4.39 Å². The Morgan fingerprint density at radius 1 is 1.45 bits per heavy atom. The van der Waals surface area contributed by atoms with Gasteiger partial charge in [-0.25, -0.2) is 14.4 Å². The molecule has 0 spiro atoms. The lowest BCUT2D eigenvalue weighted by Gasteiger charge is -2.35. The van der Waals surface area contributed by atoms with E-state index in [0.29, 0.717) is 6.54 Å². The van der Waals surface area contributed by atoms with Gasteiger partial charge in [0, 0.05) is 24.7 Å². The van der Waals surface area contributed by atoms with Gasteiger partial charge < -0.3 is 14.5 Å². The van der Waals surface area contributed by atoms with Crippen LogP contribution in [0.1, 0.15) is 25.2 Å². The number of likely N-dealkylation sites (tertiary alicyclic amines) is 1. The Bertz CT molecular complexity index is 821. The number of imidazole rings is 1. The first-order chi connectivity index (χ1) is 10.7. The van der Waals surface area contributed by atoms with E-state index in [-0.39, 0.29) is 6.04 Å². The minimum atomic E-state index is -0.869. The number of piperidine rings is 1. The molecule has 0 saturated carbocycles. The van der Waals surface area contributed by atoms with Crippen molar-refractivity contribution in [3.63, 3.8) is 0 Å². The van der Waals surface area contributed by atoms with E-state index in [0.717, 1.165) is 47.4 Å².